The lowest BCUT2D eigenvalue weighted by molar-refractivity contribution is 0.0938. The minimum Gasteiger partial charge on any atom is -0.342 e. The molecule has 0 saturated carbocycles. The van der Waals surface area contributed by atoms with Gasteiger partial charge in [0, 0.05) is 17.1 Å². The average molecular weight is 354 g/mol. The highest BCUT2D eigenvalue weighted by molar-refractivity contribution is 6.30. The molecular weight excluding hydrogens is 334 g/mol. The molecule has 0 spiro atoms. The van der Waals surface area contributed by atoms with Gasteiger partial charge in [-0.05, 0) is 50.2 Å². The summed E-state index contributed by atoms with van der Waals surface area (Å²) in [5, 5.41) is 3.62. The smallest absolute Gasteiger partial charge is 0.251 e. The number of rotatable bonds is 5. The van der Waals surface area contributed by atoms with Gasteiger partial charge in [0.25, 0.3) is 5.91 Å². The number of para-hydroxylation sites is 2. The molecule has 5 heteroatoms. The highest BCUT2D eigenvalue weighted by Crippen LogP contribution is 2.22. The van der Waals surface area contributed by atoms with Gasteiger partial charge in [-0.3, -0.25) is 4.79 Å². The van der Waals surface area contributed by atoms with Crippen molar-refractivity contribution < 1.29 is 4.79 Å². The maximum Gasteiger partial charge on any atom is 0.251 e. The molecule has 0 radical (unpaired) electrons. The zero-order chi connectivity index (χ0) is 18.0. The standard InChI is InChI=1S/C20H20ClN3O/c1-13(2)12-24-18-7-5-4-6-17(18)23-19(24)14(3)22-20(25)15-8-10-16(21)11-9-15/h4-11,14H,1,12H2,2-3H3,(H,22,25)/t14-/m1/s1. The fraction of sp³-hybridized carbons (Fsp3) is 0.200. The molecule has 2 aromatic carbocycles. The van der Waals surface area contributed by atoms with E-state index in [1.54, 1.807) is 24.3 Å². The van der Waals surface area contributed by atoms with E-state index in [-0.39, 0.29) is 11.9 Å². The molecule has 3 aromatic rings. The third kappa shape index (κ3) is 3.74. The highest BCUT2D eigenvalue weighted by atomic mass is 35.5. The minimum absolute atomic E-state index is 0.155. The number of fused-ring (bicyclic) bond motifs is 1. The predicted molar refractivity (Wildman–Crippen MR) is 102 cm³/mol. The van der Waals surface area contributed by atoms with Gasteiger partial charge in [0.1, 0.15) is 5.82 Å². The van der Waals surface area contributed by atoms with Crippen molar-refractivity contribution in [3.63, 3.8) is 0 Å². The van der Waals surface area contributed by atoms with Gasteiger partial charge in [-0.25, -0.2) is 4.98 Å². The predicted octanol–water partition coefficient (Wildman–Crippen LogP) is 4.76. The Balaban J connectivity index is 1.90. The lowest BCUT2D eigenvalue weighted by Gasteiger charge is -2.16. The zero-order valence-electron chi connectivity index (χ0n) is 14.3. The molecule has 0 bridgehead atoms. The van der Waals surface area contributed by atoms with Crippen molar-refractivity contribution in [2.75, 3.05) is 0 Å². The molecule has 1 heterocycles. The van der Waals surface area contributed by atoms with Crippen molar-refractivity contribution in [1.29, 1.82) is 0 Å². The fourth-order valence-corrected chi connectivity index (χ4v) is 2.93. The third-order valence-electron chi connectivity index (χ3n) is 3.95. The number of aromatic nitrogens is 2. The number of halogens is 1. The largest absolute Gasteiger partial charge is 0.342 e. The van der Waals surface area contributed by atoms with Crippen molar-refractivity contribution in [3.8, 4) is 0 Å². The second-order valence-corrected chi connectivity index (χ2v) is 6.64. The van der Waals surface area contributed by atoms with Crippen LogP contribution in [0.4, 0.5) is 0 Å². The SMILES string of the molecule is C=C(C)Cn1c([C@@H](C)NC(=O)c2ccc(Cl)cc2)nc2ccccc21. The van der Waals surface area contributed by atoms with Crippen LogP contribution in [0.1, 0.15) is 36.1 Å². The van der Waals surface area contributed by atoms with Crippen LogP contribution in [0.25, 0.3) is 11.0 Å². The molecule has 0 aliphatic carbocycles. The van der Waals surface area contributed by atoms with Crippen LogP contribution in [0.5, 0.6) is 0 Å². The summed E-state index contributed by atoms with van der Waals surface area (Å²) in [6.45, 7) is 8.59. The summed E-state index contributed by atoms with van der Waals surface area (Å²) in [6, 6.07) is 14.5. The van der Waals surface area contributed by atoms with Crippen LogP contribution in [0.15, 0.2) is 60.7 Å². The van der Waals surface area contributed by atoms with Gasteiger partial charge in [0.15, 0.2) is 0 Å². The Hall–Kier alpha value is -2.59. The Labute approximate surface area is 152 Å². The van der Waals surface area contributed by atoms with Gasteiger partial charge in [-0.15, -0.1) is 0 Å². The summed E-state index contributed by atoms with van der Waals surface area (Å²) in [5.41, 5.74) is 3.54. The molecule has 128 valence electrons. The van der Waals surface area contributed by atoms with Crippen LogP contribution in [0.3, 0.4) is 0 Å². The molecule has 0 saturated heterocycles. The topological polar surface area (TPSA) is 46.9 Å². The lowest BCUT2D eigenvalue weighted by Crippen LogP contribution is -2.28. The van der Waals surface area contributed by atoms with Crippen molar-refractivity contribution in [2.24, 2.45) is 0 Å². The number of hydrogen-bond donors (Lipinski definition) is 1. The second kappa shape index (κ2) is 7.11. The Kier molecular flexibility index (Phi) is 4.91. The zero-order valence-corrected chi connectivity index (χ0v) is 15.0. The van der Waals surface area contributed by atoms with E-state index >= 15 is 0 Å². The molecule has 0 aliphatic heterocycles. The van der Waals surface area contributed by atoms with Crippen LogP contribution in [-0.4, -0.2) is 15.5 Å². The normalized spacial score (nSPS) is 12.1. The van der Waals surface area contributed by atoms with Crippen molar-refractivity contribution in [2.45, 2.75) is 26.4 Å². The van der Waals surface area contributed by atoms with Crippen LogP contribution in [0.2, 0.25) is 5.02 Å². The number of carbonyl (C=O) groups is 1. The number of amides is 1. The molecule has 0 aliphatic rings. The Bertz CT molecular complexity index is 928. The first-order valence-corrected chi connectivity index (χ1v) is 8.49. The molecule has 25 heavy (non-hydrogen) atoms. The quantitative estimate of drug-likeness (QED) is 0.672. The van der Waals surface area contributed by atoms with Crippen LogP contribution in [-0.2, 0) is 6.54 Å². The van der Waals surface area contributed by atoms with Gasteiger partial charge in [0.05, 0.1) is 17.1 Å². The molecular formula is C20H20ClN3O. The molecule has 1 amide bonds. The number of imidazole rings is 1. The second-order valence-electron chi connectivity index (χ2n) is 6.20. The van der Waals surface area contributed by atoms with Crippen molar-refractivity contribution >= 4 is 28.5 Å². The molecule has 0 unspecified atom stereocenters. The summed E-state index contributed by atoms with van der Waals surface area (Å²) in [6.07, 6.45) is 0. The fourth-order valence-electron chi connectivity index (χ4n) is 2.81. The Morgan fingerprint density at radius 3 is 2.60 bits per heavy atom. The van der Waals surface area contributed by atoms with E-state index in [4.69, 9.17) is 16.6 Å². The first-order chi connectivity index (χ1) is 12.0. The molecule has 1 atom stereocenters. The summed E-state index contributed by atoms with van der Waals surface area (Å²) >= 11 is 5.88. The summed E-state index contributed by atoms with van der Waals surface area (Å²) in [7, 11) is 0. The van der Waals surface area contributed by atoms with Gasteiger partial charge in [-0.2, -0.15) is 0 Å². The number of hydrogen-bond acceptors (Lipinski definition) is 2. The third-order valence-corrected chi connectivity index (χ3v) is 4.21. The maximum atomic E-state index is 12.5. The minimum atomic E-state index is -0.241. The van der Waals surface area contributed by atoms with Gasteiger partial charge in [-0.1, -0.05) is 35.9 Å². The molecule has 3 rings (SSSR count). The Morgan fingerprint density at radius 1 is 1.24 bits per heavy atom. The summed E-state index contributed by atoms with van der Waals surface area (Å²) < 4.78 is 2.10. The number of carbonyl (C=O) groups excluding carboxylic acids is 1. The first-order valence-electron chi connectivity index (χ1n) is 8.11. The highest BCUT2D eigenvalue weighted by Gasteiger charge is 2.19. The van der Waals surface area contributed by atoms with Gasteiger partial charge in [0.2, 0.25) is 0 Å². The monoisotopic (exact) mass is 353 g/mol. The summed E-state index contributed by atoms with van der Waals surface area (Å²) in [5.74, 6) is 0.657. The van der Waals surface area contributed by atoms with Crippen molar-refractivity contribution in [3.05, 3.63) is 77.1 Å². The van der Waals surface area contributed by atoms with Crippen LogP contribution in [0, 0.1) is 0 Å². The number of nitrogens with one attached hydrogen (secondary N) is 1. The van der Waals surface area contributed by atoms with Crippen LogP contribution >= 0.6 is 11.6 Å². The Morgan fingerprint density at radius 2 is 1.92 bits per heavy atom. The van der Waals surface area contributed by atoms with Crippen LogP contribution < -0.4 is 5.32 Å². The number of benzene rings is 2. The van der Waals surface area contributed by atoms with E-state index in [2.05, 4.69) is 16.5 Å². The summed E-state index contributed by atoms with van der Waals surface area (Å²) in [4.78, 5) is 17.2. The first kappa shape index (κ1) is 17.2. The average Bonchev–Trinajstić information content (AvgIpc) is 2.93. The van der Waals surface area contributed by atoms with E-state index in [1.165, 1.54) is 0 Å². The van der Waals surface area contributed by atoms with E-state index in [1.807, 2.05) is 38.1 Å². The molecule has 0 fully saturated rings. The van der Waals surface area contributed by atoms with E-state index in [9.17, 15) is 4.79 Å². The van der Waals surface area contributed by atoms with E-state index in [0.717, 1.165) is 22.4 Å². The van der Waals surface area contributed by atoms with E-state index < -0.39 is 0 Å². The molecule has 4 nitrogen and oxygen atoms in total. The molecule has 1 aromatic heterocycles. The maximum absolute atomic E-state index is 12.5. The van der Waals surface area contributed by atoms with Crippen molar-refractivity contribution in [1.82, 2.24) is 14.9 Å². The lowest BCUT2D eigenvalue weighted by atomic mass is 10.2. The molecule has 1 N–H and O–H groups in total. The van der Waals surface area contributed by atoms with Gasteiger partial charge < -0.3 is 9.88 Å². The number of allylic oxidation sites excluding steroid dienone is 1. The van der Waals surface area contributed by atoms with E-state index in [0.29, 0.717) is 17.1 Å². The van der Waals surface area contributed by atoms with Gasteiger partial charge >= 0.3 is 0 Å². The number of nitrogens with zero attached hydrogens (tertiary/aromatic N) is 2.